The molecule has 13 heteroatoms. The molecule has 4 rings (SSSR count). The van der Waals surface area contributed by atoms with Crippen LogP contribution in [0, 0.1) is 0 Å². The largest absolute Gasteiger partial charge is 0.407 e. The maximum atomic E-state index is 12.9. The quantitative estimate of drug-likeness (QED) is 0.444. The monoisotopic (exact) mass is 520 g/mol. The number of hydrogen-bond donors (Lipinski definition) is 3. The summed E-state index contributed by atoms with van der Waals surface area (Å²) in [5.41, 5.74) is 12.6. The lowest BCUT2D eigenvalue weighted by Crippen LogP contribution is -2.28. The van der Waals surface area contributed by atoms with Crippen molar-refractivity contribution in [1.82, 2.24) is 15.5 Å². The van der Waals surface area contributed by atoms with Crippen LogP contribution in [0.4, 0.5) is 19.2 Å². The molecule has 0 saturated carbocycles. The van der Waals surface area contributed by atoms with E-state index in [1.165, 1.54) is 47.5 Å². The number of benzene rings is 2. The van der Waals surface area contributed by atoms with E-state index in [2.05, 4.69) is 15.5 Å². The summed E-state index contributed by atoms with van der Waals surface area (Å²) < 4.78 is 69.2. The maximum Gasteiger partial charge on any atom is 0.407 e. The molecule has 9 nitrogen and oxygen atoms in total. The summed E-state index contributed by atoms with van der Waals surface area (Å²) >= 11 is 0. The number of rotatable bonds is 6. The molecule has 0 amide bonds. The molecule has 0 unspecified atom stereocenters. The molecule has 2 aromatic carbocycles. The fourth-order valence-electron chi connectivity index (χ4n) is 3.39. The van der Waals surface area contributed by atoms with Crippen molar-refractivity contribution in [1.29, 1.82) is 0 Å². The van der Waals surface area contributed by atoms with Gasteiger partial charge in [0.05, 0.1) is 22.0 Å². The van der Waals surface area contributed by atoms with Crippen molar-refractivity contribution in [3.05, 3.63) is 77.9 Å². The van der Waals surface area contributed by atoms with Gasteiger partial charge in [-0.15, -0.1) is 5.10 Å². The smallest absolute Gasteiger partial charge is 0.403 e. The lowest BCUT2D eigenvalue weighted by Gasteiger charge is -2.24. The molecule has 0 spiro atoms. The highest BCUT2D eigenvalue weighted by molar-refractivity contribution is 7.92. The lowest BCUT2D eigenvalue weighted by molar-refractivity contribution is -0.149. The van der Waals surface area contributed by atoms with Gasteiger partial charge < -0.3 is 21.2 Å². The molecule has 36 heavy (non-hydrogen) atoms. The number of nitrogens with two attached hydrogens (primary N) is 2. The zero-order chi connectivity index (χ0) is 26.3. The molecule has 0 bridgehead atoms. The molecule has 190 valence electrons. The Morgan fingerprint density at radius 3 is 2.19 bits per heavy atom. The number of sulfone groups is 1. The fourth-order valence-corrected chi connectivity index (χ4v) is 4.45. The number of nitrogens with one attached hydrogen (secondary N) is 1. The predicted octanol–water partition coefficient (Wildman–Crippen LogP) is 3.65. The van der Waals surface area contributed by atoms with Crippen LogP contribution in [0.15, 0.2) is 76.1 Å². The first-order valence-corrected chi connectivity index (χ1v) is 12.3. The minimum atomic E-state index is -4.56. The summed E-state index contributed by atoms with van der Waals surface area (Å²) in [7, 11) is -3.43. The SMILES string of the molecule is CC(C)S(=O)(=O)c1ccc(C2=CNC(N)=CN2c2nnc(-c3ccc([C@H](N)C(F)(F)F)cc3)o2)cc1. The second-order valence-corrected chi connectivity index (χ2v) is 10.8. The molecule has 0 fully saturated rings. The van der Waals surface area contributed by atoms with Gasteiger partial charge in [-0.05, 0) is 43.7 Å². The van der Waals surface area contributed by atoms with E-state index in [0.717, 1.165) is 0 Å². The van der Waals surface area contributed by atoms with Crippen LogP contribution in [0.3, 0.4) is 0 Å². The van der Waals surface area contributed by atoms with Crippen molar-refractivity contribution in [3.63, 3.8) is 0 Å². The molecule has 5 N–H and O–H groups in total. The van der Waals surface area contributed by atoms with Gasteiger partial charge in [0.25, 0.3) is 0 Å². The van der Waals surface area contributed by atoms with E-state index in [0.29, 0.717) is 16.8 Å². The molecule has 0 aliphatic carbocycles. The molecule has 1 atom stereocenters. The number of alkyl halides is 3. The van der Waals surface area contributed by atoms with Gasteiger partial charge in [-0.3, -0.25) is 4.90 Å². The van der Waals surface area contributed by atoms with Crippen LogP contribution in [-0.2, 0) is 9.84 Å². The maximum absolute atomic E-state index is 12.9. The van der Waals surface area contributed by atoms with Crippen molar-refractivity contribution in [2.45, 2.75) is 36.2 Å². The van der Waals surface area contributed by atoms with Crippen LogP contribution in [0.25, 0.3) is 17.2 Å². The van der Waals surface area contributed by atoms with E-state index in [1.54, 1.807) is 32.2 Å². The summed E-state index contributed by atoms with van der Waals surface area (Å²) in [6.07, 6.45) is -1.46. The van der Waals surface area contributed by atoms with Crippen molar-refractivity contribution in [3.8, 4) is 11.5 Å². The highest BCUT2D eigenvalue weighted by Gasteiger charge is 2.37. The van der Waals surface area contributed by atoms with Crippen LogP contribution >= 0.6 is 0 Å². The topological polar surface area (TPSA) is 140 Å². The average molecular weight is 521 g/mol. The Balaban J connectivity index is 1.61. The first-order valence-electron chi connectivity index (χ1n) is 10.7. The first-order chi connectivity index (χ1) is 16.9. The van der Waals surface area contributed by atoms with Gasteiger partial charge in [0, 0.05) is 17.3 Å². The summed E-state index contributed by atoms with van der Waals surface area (Å²) in [5.74, 6) is 0.350. The highest BCUT2D eigenvalue weighted by Crippen LogP contribution is 2.33. The second kappa shape index (κ2) is 9.32. The molecular formula is C23H23F3N6O3S. The normalized spacial score (nSPS) is 15.4. The average Bonchev–Trinajstić information content (AvgIpc) is 3.33. The third-order valence-corrected chi connectivity index (χ3v) is 7.66. The Bertz CT molecular complexity index is 1410. The summed E-state index contributed by atoms with van der Waals surface area (Å²) in [6, 6.07) is 9.56. The van der Waals surface area contributed by atoms with E-state index in [1.807, 2.05) is 0 Å². The van der Waals surface area contributed by atoms with E-state index < -0.39 is 27.3 Å². The predicted molar refractivity (Wildman–Crippen MR) is 127 cm³/mol. The zero-order valence-electron chi connectivity index (χ0n) is 19.2. The van der Waals surface area contributed by atoms with Gasteiger partial charge in [0.2, 0.25) is 5.89 Å². The number of aromatic nitrogens is 2. The Labute approximate surface area is 205 Å². The zero-order valence-corrected chi connectivity index (χ0v) is 20.0. The van der Waals surface area contributed by atoms with E-state index in [4.69, 9.17) is 15.9 Å². The van der Waals surface area contributed by atoms with Gasteiger partial charge >= 0.3 is 12.2 Å². The molecule has 2 heterocycles. The van der Waals surface area contributed by atoms with Crippen molar-refractivity contribution < 1.29 is 26.0 Å². The molecular weight excluding hydrogens is 497 g/mol. The van der Waals surface area contributed by atoms with Crippen LogP contribution in [0.2, 0.25) is 0 Å². The standard InChI is InChI=1S/C23H23F3N6O3S/c1-13(2)36(33,34)17-9-7-14(8-10-17)18-11-29-19(27)12-32(18)22-31-30-21(35-22)16-5-3-15(4-6-16)20(28)23(24,25)26/h3-13,20,29H,27-28H2,1-2H3/t20-/m0/s1. The van der Waals surface area contributed by atoms with Crippen LogP contribution < -0.4 is 21.7 Å². The third kappa shape index (κ3) is 4.93. The Hall–Kier alpha value is -3.84. The molecule has 1 aliphatic rings. The highest BCUT2D eigenvalue weighted by atomic mass is 32.2. The number of anilines is 1. The minimum absolute atomic E-state index is 0.0376. The number of hydrogen-bond acceptors (Lipinski definition) is 9. The lowest BCUT2D eigenvalue weighted by atomic mass is 10.1. The summed E-state index contributed by atoms with van der Waals surface area (Å²) in [4.78, 5) is 1.71. The summed E-state index contributed by atoms with van der Waals surface area (Å²) in [6.45, 7) is 3.22. The first kappa shape index (κ1) is 25.3. The number of halogens is 3. The van der Waals surface area contributed by atoms with Gasteiger partial charge in [-0.25, -0.2) is 8.42 Å². The third-order valence-electron chi connectivity index (χ3n) is 5.49. The summed E-state index contributed by atoms with van der Waals surface area (Å²) in [5, 5.41) is 10.4. The van der Waals surface area contributed by atoms with Crippen LogP contribution in [0.5, 0.6) is 0 Å². The van der Waals surface area contributed by atoms with Crippen LogP contribution in [0.1, 0.15) is 31.0 Å². The van der Waals surface area contributed by atoms with Crippen molar-refractivity contribution in [2.75, 3.05) is 4.90 Å². The fraction of sp³-hybridized carbons (Fsp3) is 0.217. The molecule has 3 aromatic rings. The van der Waals surface area contributed by atoms with E-state index >= 15 is 0 Å². The molecule has 0 radical (unpaired) electrons. The molecule has 1 aromatic heterocycles. The molecule has 1 aliphatic heterocycles. The van der Waals surface area contributed by atoms with Gasteiger partial charge in [-0.2, -0.15) is 13.2 Å². The number of nitrogens with zero attached hydrogens (tertiary/aromatic N) is 3. The van der Waals surface area contributed by atoms with Gasteiger partial charge in [0.15, 0.2) is 9.84 Å². The molecule has 0 saturated heterocycles. The van der Waals surface area contributed by atoms with Gasteiger partial charge in [0.1, 0.15) is 11.9 Å². The Morgan fingerprint density at radius 2 is 1.61 bits per heavy atom. The minimum Gasteiger partial charge on any atom is -0.403 e. The van der Waals surface area contributed by atoms with Crippen LogP contribution in [-0.4, -0.2) is 30.0 Å². The van der Waals surface area contributed by atoms with E-state index in [9.17, 15) is 21.6 Å². The van der Waals surface area contributed by atoms with E-state index in [-0.39, 0.29) is 28.2 Å². The Morgan fingerprint density at radius 1 is 1.00 bits per heavy atom. The van der Waals surface area contributed by atoms with Gasteiger partial charge in [-0.1, -0.05) is 29.4 Å². The Kier molecular flexibility index (Phi) is 6.54. The van der Waals surface area contributed by atoms with Crippen molar-refractivity contribution in [2.24, 2.45) is 11.5 Å². The van der Waals surface area contributed by atoms with Crippen molar-refractivity contribution >= 4 is 21.5 Å². The second-order valence-electron chi connectivity index (χ2n) is 8.28.